The van der Waals surface area contributed by atoms with E-state index in [2.05, 4.69) is 9.71 Å². The summed E-state index contributed by atoms with van der Waals surface area (Å²) in [6.45, 7) is 1.90. The van der Waals surface area contributed by atoms with Gasteiger partial charge in [-0.25, -0.2) is 13.1 Å². The highest BCUT2D eigenvalue weighted by Gasteiger charge is 2.29. The van der Waals surface area contributed by atoms with Crippen molar-refractivity contribution >= 4 is 27.6 Å². The van der Waals surface area contributed by atoms with Gasteiger partial charge in [0.1, 0.15) is 0 Å². The highest BCUT2D eigenvalue weighted by Crippen LogP contribution is 2.33. The van der Waals surface area contributed by atoms with E-state index in [1.165, 1.54) is 0 Å². The minimum absolute atomic E-state index is 0.0221. The van der Waals surface area contributed by atoms with Gasteiger partial charge < -0.3 is 5.11 Å². The molecule has 29 heavy (non-hydrogen) atoms. The van der Waals surface area contributed by atoms with Crippen LogP contribution in [0.25, 0.3) is 0 Å². The molecule has 0 unspecified atom stereocenters. The van der Waals surface area contributed by atoms with Gasteiger partial charge in [-0.2, -0.15) is 0 Å². The summed E-state index contributed by atoms with van der Waals surface area (Å²) in [5, 5.41) is 32.1. The van der Waals surface area contributed by atoms with Gasteiger partial charge in [0, 0.05) is 23.9 Å². The Morgan fingerprint density at radius 3 is 2.55 bits per heavy atom. The Hall–Kier alpha value is -2.60. The number of nitrogens with one attached hydrogen (secondary N) is 1. The van der Waals surface area contributed by atoms with Gasteiger partial charge >= 0.3 is 5.69 Å². The fourth-order valence-corrected chi connectivity index (χ4v) is 4.72. The molecule has 0 aromatic heterocycles. The number of rotatable bonds is 9. The molecule has 2 rings (SSSR count). The van der Waals surface area contributed by atoms with Crippen molar-refractivity contribution in [2.45, 2.75) is 57.5 Å². The smallest absolute Gasteiger partial charge is 0.318 e. The first-order chi connectivity index (χ1) is 13.6. The second-order valence-electron chi connectivity index (χ2n) is 6.94. The molecule has 0 amide bonds. The van der Waals surface area contributed by atoms with Crippen molar-refractivity contribution in [3.05, 3.63) is 37.9 Å². The molecule has 1 aliphatic rings. The highest BCUT2D eigenvalue weighted by molar-refractivity contribution is 7.89. The fraction of sp³-hybridized carbons (Fsp3) is 0.588. The molecule has 0 heterocycles. The van der Waals surface area contributed by atoms with Gasteiger partial charge in [0.25, 0.3) is 5.69 Å². The zero-order valence-corrected chi connectivity index (χ0v) is 16.8. The SMILES string of the molecule is CCCCS(=O)(=O)N[C@@H]1CCCC[C@H]1N=Cc1cc([N+](=O)[O-])cc([N+](=O)[O-])c1O. The van der Waals surface area contributed by atoms with E-state index < -0.39 is 49.1 Å². The normalized spacial score (nSPS) is 20.0. The first kappa shape index (κ1) is 22.7. The lowest BCUT2D eigenvalue weighted by Crippen LogP contribution is -2.45. The van der Waals surface area contributed by atoms with E-state index >= 15 is 0 Å². The first-order valence-corrected chi connectivity index (χ1v) is 11.0. The van der Waals surface area contributed by atoms with E-state index in [-0.39, 0.29) is 11.3 Å². The second-order valence-corrected chi connectivity index (χ2v) is 8.82. The number of hydrogen-bond donors (Lipinski definition) is 2. The predicted molar refractivity (Wildman–Crippen MR) is 107 cm³/mol. The summed E-state index contributed by atoms with van der Waals surface area (Å²) in [5.41, 5.74) is -1.50. The summed E-state index contributed by atoms with van der Waals surface area (Å²) in [6, 6.07) is 0.808. The third-order valence-corrected chi connectivity index (χ3v) is 6.23. The maximum Gasteiger partial charge on any atom is 0.318 e. The van der Waals surface area contributed by atoms with Crippen LogP contribution in [0.15, 0.2) is 17.1 Å². The topological polar surface area (TPSA) is 165 Å². The van der Waals surface area contributed by atoms with Crippen LogP contribution in [0.5, 0.6) is 5.75 Å². The molecule has 160 valence electrons. The molecule has 1 aromatic rings. The molecule has 0 bridgehead atoms. The minimum atomic E-state index is -3.46. The third kappa shape index (κ3) is 6.19. The monoisotopic (exact) mass is 428 g/mol. The number of phenolic OH excluding ortho intramolecular Hbond substituents is 1. The molecule has 1 saturated carbocycles. The summed E-state index contributed by atoms with van der Waals surface area (Å²) in [5.74, 6) is -0.700. The van der Waals surface area contributed by atoms with Crippen LogP contribution in [0.2, 0.25) is 0 Å². The number of aromatic hydroxyl groups is 1. The molecule has 1 aromatic carbocycles. The van der Waals surface area contributed by atoms with Gasteiger partial charge in [0.05, 0.1) is 27.7 Å². The van der Waals surface area contributed by atoms with Crippen LogP contribution in [0.3, 0.4) is 0 Å². The number of phenols is 1. The quantitative estimate of drug-likeness (QED) is 0.346. The zero-order chi connectivity index (χ0) is 21.6. The van der Waals surface area contributed by atoms with E-state index in [1.54, 1.807) is 0 Å². The van der Waals surface area contributed by atoms with Gasteiger partial charge in [0.2, 0.25) is 15.8 Å². The van der Waals surface area contributed by atoms with Gasteiger partial charge in [-0.05, 0) is 19.3 Å². The highest BCUT2D eigenvalue weighted by atomic mass is 32.2. The maximum atomic E-state index is 12.2. The summed E-state index contributed by atoms with van der Waals surface area (Å²) in [6.07, 6.45) is 5.28. The van der Waals surface area contributed by atoms with Crippen LogP contribution in [-0.4, -0.2) is 47.4 Å². The Balaban J connectivity index is 2.28. The van der Waals surface area contributed by atoms with E-state index in [1.807, 2.05) is 6.92 Å². The van der Waals surface area contributed by atoms with Crippen molar-refractivity contribution in [2.24, 2.45) is 4.99 Å². The number of hydrogen-bond acceptors (Lipinski definition) is 8. The van der Waals surface area contributed by atoms with Gasteiger partial charge in [-0.3, -0.25) is 25.2 Å². The third-order valence-electron chi connectivity index (χ3n) is 4.74. The summed E-state index contributed by atoms with van der Waals surface area (Å²) in [7, 11) is -3.46. The van der Waals surface area contributed by atoms with Crippen molar-refractivity contribution in [1.29, 1.82) is 0 Å². The standard InChI is InChI=1S/C17H24N4O7S/c1-2-3-8-29(27,28)19-15-7-5-4-6-14(15)18-11-12-9-13(20(23)24)10-16(17(12)22)21(25)26/h9-11,14-15,19,22H,2-8H2,1H3/t14-,15-/m1/s1. The molecule has 11 nitrogen and oxygen atoms in total. The van der Waals surface area contributed by atoms with E-state index in [0.29, 0.717) is 25.3 Å². The number of sulfonamides is 1. The zero-order valence-electron chi connectivity index (χ0n) is 16.0. The van der Waals surface area contributed by atoms with E-state index in [0.717, 1.165) is 31.5 Å². The average molecular weight is 428 g/mol. The summed E-state index contributed by atoms with van der Waals surface area (Å²) >= 11 is 0. The molecular weight excluding hydrogens is 404 g/mol. The lowest BCUT2D eigenvalue weighted by atomic mass is 9.91. The Morgan fingerprint density at radius 1 is 1.24 bits per heavy atom. The lowest BCUT2D eigenvalue weighted by Gasteiger charge is -2.29. The molecule has 12 heteroatoms. The largest absolute Gasteiger partial charge is 0.502 e. The van der Waals surface area contributed by atoms with Crippen molar-refractivity contribution in [1.82, 2.24) is 4.72 Å². The van der Waals surface area contributed by atoms with Crippen LogP contribution >= 0.6 is 0 Å². The van der Waals surface area contributed by atoms with Gasteiger partial charge in [-0.1, -0.05) is 26.2 Å². The van der Waals surface area contributed by atoms with Crippen molar-refractivity contribution in [3.8, 4) is 5.75 Å². The summed E-state index contributed by atoms with van der Waals surface area (Å²) in [4.78, 5) is 24.7. The van der Waals surface area contributed by atoms with Crippen LogP contribution in [0, 0.1) is 20.2 Å². The van der Waals surface area contributed by atoms with Crippen LogP contribution < -0.4 is 4.72 Å². The van der Waals surface area contributed by atoms with Crippen LogP contribution in [-0.2, 0) is 10.0 Å². The predicted octanol–water partition coefficient (Wildman–Crippen LogP) is 2.66. The number of benzene rings is 1. The Labute approximate surface area is 168 Å². The Bertz CT molecular complexity index is 901. The maximum absolute atomic E-state index is 12.2. The first-order valence-electron chi connectivity index (χ1n) is 9.33. The lowest BCUT2D eigenvalue weighted by molar-refractivity contribution is -0.394. The van der Waals surface area contributed by atoms with Gasteiger partial charge in [-0.15, -0.1) is 0 Å². The number of nitro benzene ring substituents is 2. The molecular formula is C17H24N4O7S. The molecule has 2 N–H and O–H groups in total. The van der Waals surface area contributed by atoms with Crippen LogP contribution in [0.4, 0.5) is 11.4 Å². The summed E-state index contributed by atoms with van der Waals surface area (Å²) < 4.78 is 27.1. The molecule has 0 spiro atoms. The number of nitrogens with zero attached hydrogens (tertiary/aromatic N) is 3. The van der Waals surface area contributed by atoms with Crippen molar-refractivity contribution in [2.75, 3.05) is 5.75 Å². The molecule has 1 aliphatic carbocycles. The molecule has 0 saturated heterocycles. The number of nitro groups is 2. The molecule has 2 atom stereocenters. The fourth-order valence-electron chi connectivity index (χ4n) is 3.20. The second kappa shape index (κ2) is 9.74. The Kier molecular flexibility index (Phi) is 7.62. The van der Waals surface area contributed by atoms with Gasteiger partial charge in [0.15, 0.2) is 0 Å². The Morgan fingerprint density at radius 2 is 1.93 bits per heavy atom. The number of non-ortho nitro benzene ring substituents is 1. The van der Waals surface area contributed by atoms with E-state index in [4.69, 9.17) is 0 Å². The minimum Gasteiger partial charge on any atom is -0.502 e. The molecule has 0 radical (unpaired) electrons. The number of aliphatic imine (C=N–C) groups is 1. The van der Waals surface area contributed by atoms with Crippen molar-refractivity contribution < 1.29 is 23.4 Å². The molecule has 1 fully saturated rings. The average Bonchev–Trinajstić information content (AvgIpc) is 2.66. The molecule has 0 aliphatic heterocycles. The number of unbranched alkanes of at least 4 members (excludes halogenated alkanes) is 1. The van der Waals surface area contributed by atoms with Crippen molar-refractivity contribution in [3.63, 3.8) is 0 Å². The van der Waals surface area contributed by atoms with Crippen LogP contribution in [0.1, 0.15) is 51.0 Å². The van der Waals surface area contributed by atoms with E-state index in [9.17, 15) is 33.8 Å².